The largest absolute Gasteiger partial charge is 0.326 e. The Morgan fingerprint density at radius 1 is 1.42 bits per heavy atom. The van der Waals surface area contributed by atoms with Crippen LogP contribution in [-0.4, -0.2) is 15.0 Å². The number of hydrogen-bond donors (Lipinski definition) is 2. The molecule has 1 aliphatic carbocycles. The molecule has 0 bridgehead atoms. The number of rotatable bonds is 6. The highest BCUT2D eigenvalue weighted by Crippen LogP contribution is 2.32. The van der Waals surface area contributed by atoms with Crippen LogP contribution in [0.3, 0.4) is 0 Å². The average Bonchev–Trinajstić information content (AvgIpc) is 3.15. The molecule has 4 nitrogen and oxygen atoms in total. The average molecular weight is 351 g/mol. The smallest absolute Gasteiger partial charge is 0.243 e. The van der Waals surface area contributed by atoms with E-state index in [1.807, 2.05) is 0 Å². The second-order valence-electron chi connectivity index (χ2n) is 4.71. The minimum Gasteiger partial charge on any atom is -0.326 e. The molecular weight excluding hydrogens is 335 g/mol. The molecule has 7 heteroatoms. The first kappa shape index (κ1) is 14.9. The molecule has 0 radical (unpaired) electrons. The lowest BCUT2D eigenvalue weighted by Crippen LogP contribution is -2.26. The quantitative estimate of drug-likeness (QED) is 0.825. The normalized spacial score (nSPS) is 15.7. The number of hydrogen-bond acceptors (Lipinski definition) is 3. The number of nitrogens with two attached hydrogens (primary N) is 1. The van der Waals surface area contributed by atoms with Crippen LogP contribution >= 0.6 is 15.9 Å². The molecule has 0 spiro atoms. The van der Waals surface area contributed by atoms with E-state index in [1.165, 1.54) is 12.1 Å². The molecule has 0 aliphatic heterocycles. The predicted molar refractivity (Wildman–Crippen MR) is 74.5 cm³/mol. The van der Waals surface area contributed by atoms with Crippen LogP contribution in [0.25, 0.3) is 0 Å². The van der Waals surface area contributed by atoms with Crippen molar-refractivity contribution in [2.75, 3.05) is 6.54 Å². The summed E-state index contributed by atoms with van der Waals surface area (Å²) in [5.41, 5.74) is 5.58. The Balaban J connectivity index is 2.20. The Morgan fingerprint density at radius 3 is 2.68 bits per heavy atom. The molecule has 1 aromatic rings. The van der Waals surface area contributed by atoms with E-state index in [9.17, 15) is 12.8 Å². The summed E-state index contributed by atoms with van der Waals surface area (Å²) in [5, 5.41) is 0. The van der Waals surface area contributed by atoms with Gasteiger partial charge in [0, 0.05) is 23.1 Å². The lowest BCUT2D eigenvalue weighted by Gasteiger charge is -2.10. The van der Waals surface area contributed by atoms with Gasteiger partial charge in [-0.3, -0.25) is 0 Å². The van der Waals surface area contributed by atoms with Crippen LogP contribution in [0.2, 0.25) is 0 Å². The first-order valence-corrected chi connectivity index (χ1v) is 8.39. The Kier molecular flexibility index (Phi) is 4.60. The van der Waals surface area contributed by atoms with Gasteiger partial charge in [-0.05, 0) is 24.5 Å². The minimum absolute atomic E-state index is 0.0458. The van der Waals surface area contributed by atoms with Crippen molar-refractivity contribution < 1.29 is 12.8 Å². The van der Waals surface area contributed by atoms with Crippen molar-refractivity contribution >= 4 is 26.0 Å². The van der Waals surface area contributed by atoms with Crippen LogP contribution in [0, 0.1) is 11.7 Å². The zero-order valence-corrected chi connectivity index (χ0v) is 12.7. The Labute approximate surface area is 120 Å². The second kappa shape index (κ2) is 5.87. The molecule has 3 N–H and O–H groups in total. The van der Waals surface area contributed by atoms with E-state index in [4.69, 9.17) is 5.73 Å². The SMILES string of the molecule is NCc1cc(Br)cc(S(=O)(=O)NCCC2CC2)c1F. The Morgan fingerprint density at radius 2 is 2.11 bits per heavy atom. The topological polar surface area (TPSA) is 72.2 Å². The second-order valence-corrected chi connectivity index (χ2v) is 7.36. The van der Waals surface area contributed by atoms with Crippen LogP contribution in [0.4, 0.5) is 4.39 Å². The maximum absolute atomic E-state index is 14.0. The summed E-state index contributed by atoms with van der Waals surface area (Å²) >= 11 is 3.17. The number of sulfonamides is 1. The number of nitrogens with one attached hydrogen (secondary N) is 1. The van der Waals surface area contributed by atoms with Gasteiger partial charge in [0.1, 0.15) is 10.7 Å². The zero-order valence-electron chi connectivity index (χ0n) is 10.3. The van der Waals surface area contributed by atoms with E-state index >= 15 is 0 Å². The summed E-state index contributed by atoms with van der Waals surface area (Å²) in [6.45, 7) is 0.298. The van der Waals surface area contributed by atoms with E-state index in [1.54, 1.807) is 0 Å². The third kappa shape index (κ3) is 3.75. The minimum atomic E-state index is -3.82. The van der Waals surface area contributed by atoms with Crippen LogP contribution in [0.1, 0.15) is 24.8 Å². The molecule has 106 valence electrons. The van der Waals surface area contributed by atoms with Gasteiger partial charge in [0.2, 0.25) is 10.0 Å². The molecule has 1 aromatic carbocycles. The molecule has 1 saturated carbocycles. The first-order chi connectivity index (χ1) is 8.94. The van der Waals surface area contributed by atoms with Crippen molar-refractivity contribution in [2.45, 2.75) is 30.7 Å². The highest BCUT2D eigenvalue weighted by molar-refractivity contribution is 9.10. The standard InChI is InChI=1S/C12H16BrFN2O2S/c13-10-5-9(7-15)12(14)11(6-10)19(17,18)16-4-3-8-1-2-8/h5-6,8,16H,1-4,7,15H2. The highest BCUT2D eigenvalue weighted by Gasteiger charge is 2.24. The van der Waals surface area contributed by atoms with Gasteiger partial charge in [-0.25, -0.2) is 17.5 Å². The summed E-state index contributed by atoms with van der Waals surface area (Å²) in [4.78, 5) is -0.349. The van der Waals surface area contributed by atoms with Gasteiger partial charge >= 0.3 is 0 Å². The van der Waals surface area contributed by atoms with E-state index in [0.717, 1.165) is 19.3 Å². The van der Waals surface area contributed by atoms with Gasteiger partial charge in [0.25, 0.3) is 0 Å². The van der Waals surface area contributed by atoms with Crippen molar-refractivity contribution in [1.82, 2.24) is 4.72 Å². The van der Waals surface area contributed by atoms with Gasteiger partial charge in [-0.15, -0.1) is 0 Å². The molecule has 2 rings (SSSR count). The summed E-state index contributed by atoms with van der Waals surface area (Å²) in [7, 11) is -3.82. The molecule has 0 saturated heterocycles. The van der Waals surface area contributed by atoms with Crippen LogP contribution in [0.5, 0.6) is 0 Å². The molecule has 1 aliphatic rings. The molecule has 0 unspecified atom stereocenters. The van der Waals surface area contributed by atoms with E-state index in [-0.39, 0.29) is 17.0 Å². The van der Waals surface area contributed by atoms with Crippen molar-refractivity contribution in [1.29, 1.82) is 0 Å². The summed E-state index contributed by atoms with van der Waals surface area (Å²) in [6, 6.07) is 2.74. The maximum Gasteiger partial charge on any atom is 0.243 e. The van der Waals surface area contributed by atoms with Crippen molar-refractivity contribution in [3.63, 3.8) is 0 Å². The van der Waals surface area contributed by atoms with Crippen molar-refractivity contribution in [3.8, 4) is 0 Å². The lowest BCUT2D eigenvalue weighted by molar-refractivity contribution is 0.546. The zero-order chi connectivity index (χ0) is 14.0. The fourth-order valence-corrected chi connectivity index (χ4v) is 3.69. The van der Waals surface area contributed by atoms with Crippen LogP contribution in [0.15, 0.2) is 21.5 Å². The van der Waals surface area contributed by atoms with E-state index < -0.39 is 15.8 Å². The third-order valence-corrected chi connectivity index (χ3v) is 5.05. The molecular formula is C12H16BrFN2O2S. The predicted octanol–water partition coefficient (Wildman–Crippen LogP) is 2.13. The lowest BCUT2D eigenvalue weighted by atomic mass is 10.2. The van der Waals surface area contributed by atoms with Gasteiger partial charge in [0.05, 0.1) is 0 Å². The highest BCUT2D eigenvalue weighted by atomic mass is 79.9. The summed E-state index contributed by atoms with van der Waals surface area (Å²) in [5.74, 6) is -0.153. The maximum atomic E-state index is 14.0. The fourth-order valence-electron chi connectivity index (χ4n) is 1.84. The Bertz CT molecular complexity index is 573. The molecule has 0 heterocycles. The molecule has 1 fully saturated rings. The fraction of sp³-hybridized carbons (Fsp3) is 0.500. The monoisotopic (exact) mass is 350 g/mol. The van der Waals surface area contributed by atoms with Gasteiger partial charge < -0.3 is 5.73 Å². The van der Waals surface area contributed by atoms with Gasteiger partial charge in [0.15, 0.2) is 0 Å². The van der Waals surface area contributed by atoms with E-state index in [0.29, 0.717) is 16.9 Å². The van der Waals surface area contributed by atoms with Crippen molar-refractivity contribution in [2.24, 2.45) is 11.7 Å². The van der Waals surface area contributed by atoms with Crippen LogP contribution in [-0.2, 0) is 16.6 Å². The van der Waals surface area contributed by atoms with E-state index in [2.05, 4.69) is 20.7 Å². The number of benzene rings is 1. The number of halogens is 2. The molecule has 0 aromatic heterocycles. The molecule has 0 amide bonds. The van der Waals surface area contributed by atoms with Gasteiger partial charge in [-0.2, -0.15) is 0 Å². The summed E-state index contributed by atoms with van der Waals surface area (Å²) in [6.07, 6.45) is 3.12. The summed E-state index contributed by atoms with van der Waals surface area (Å²) < 4.78 is 41.1. The Hall–Kier alpha value is -0.500. The van der Waals surface area contributed by atoms with Crippen LogP contribution < -0.4 is 10.5 Å². The van der Waals surface area contributed by atoms with Gasteiger partial charge in [-0.1, -0.05) is 28.8 Å². The van der Waals surface area contributed by atoms with Crippen molar-refractivity contribution in [3.05, 3.63) is 28.0 Å². The molecule has 0 atom stereocenters. The third-order valence-electron chi connectivity index (χ3n) is 3.13. The first-order valence-electron chi connectivity index (χ1n) is 6.11. The molecule has 19 heavy (non-hydrogen) atoms.